The lowest BCUT2D eigenvalue weighted by atomic mass is 10.1. The molecule has 2 aromatic rings. The van der Waals surface area contributed by atoms with Crippen molar-refractivity contribution in [1.29, 1.82) is 0 Å². The number of rotatable bonds is 7. The molecule has 0 radical (unpaired) electrons. The van der Waals surface area contributed by atoms with E-state index in [2.05, 4.69) is 18.8 Å². The summed E-state index contributed by atoms with van der Waals surface area (Å²) in [5.74, 6) is 1.00. The van der Waals surface area contributed by atoms with Crippen molar-refractivity contribution in [3.05, 3.63) is 18.2 Å². The Hall–Kier alpha value is -1.40. The normalized spacial score (nSPS) is 13.2. The van der Waals surface area contributed by atoms with Crippen LogP contribution in [0.25, 0.3) is 11.1 Å². The Kier molecular flexibility index (Phi) is 5.14. The molecule has 1 aromatic carbocycles. The number of nitrogens with two attached hydrogens (primary N) is 1. The van der Waals surface area contributed by atoms with Crippen LogP contribution in [0.4, 0.5) is 5.69 Å². The number of nitrogens with zero attached hydrogens (tertiary/aromatic N) is 1. The zero-order chi connectivity index (χ0) is 14.5. The van der Waals surface area contributed by atoms with E-state index in [1.165, 1.54) is 0 Å². The minimum Gasteiger partial charge on any atom is -0.430 e. The van der Waals surface area contributed by atoms with Gasteiger partial charge in [0.1, 0.15) is 16.3 Å². The number of hydrogen-bond donors (Lipinski definition) is 1. The summed E-state index contributed by atoms with van der Waals surface area (Å²) in [5, 5.41) is 0.234. The lowest BCUT2D eigenvalue weighted by Gasteiger charge is -2.05. The van der Waals surface area contributed by atoms with E-state index in [-0.39, 0.29) is 5.22 Å². The maximum atomic E-state index is 12.0. The van der Waals surface area contributed by atoms with Crippen molar-refractivity contribution < 1.29 is 13.4 Å². The topological polar surface area (TPSA) is 78.3 Å². The summed E-state index contributed by atoms with van der Waals surface area (Å²) in [7, 11) is -1.28. The van der Waals surface area contributed by atoms with Gasteiger partial charge >= 0.3 is 0 Å². The van der Waals surface area contributed by atoms with Crippen LogP contribution in [-0.4, -0.2) is 28.2 Å². The largest absolute Gasteiger partial charge is 0.430 e. The Labute approximate surface area is 121 Å². The highest BCUT2D eigenvalue weighted by molar-refractivity contribution is 7.84. The maximum absolute atomic E-state index is 12.0. The van der Waals surface area contributed by atoms with Gasteiger partial charge in [0, 0.05) is 18.4 Å². The van der Waals surface area contributed by atoms with E-state index in [1.54, 1.807) is 18.2 Å². The average molecular weight is 296 g/mol. The highest BCUT2D eigenvalue weighted by Crippen LogP contribution is 2.20. The molecular formula is C14H20N2O3S. The van der Waals surface area contributed by atoms with Gasteiger partial charge in [-0.05, 0) is 24.5 Å². The number of nitrogen functional groups attached to an aromatic ring is 1. The molecule has 0 saturated carbocycles. The summed E-state index contributed by atoms with van der Waals surface area (Å²) in [5.41, 5.74) is 7.50. The zero-order valence-electron chi connectivity index (χ0n) is 11.8. The molecule has 0 fully saturated rings. The summed E-state index contributed by atoms with van der Waals surface area (Å²) in [6.07, 6.45) is 1.01. The third-order valence-corrected chi connectivity index (χ3v) is 3.94. The lowest BCUT2D eigenvalue weighted by Crippen LogP contribution is -2.08. The molecule has 0 bridgehead atoms. The van der Waals surface area contributed by atoms with Crippen molar-refractivity contribution in [2.75, 3.05) is 24.7 Å². The van der Waals surface area contributed by atoms with Gasteiger partial charge in [-0.2, -0.15) is 0 Å². The molecule has 6 heteroatoms. The SMILES string of the molecule is CC(C)CCOCCS(=O)c1nc2ccc(N)cc2o1. The molecule has 20 heavy (non-hydrogen) atoms. The van der Waals surface area contributed by atoms with E-state index < -0.39 is 10.8 Å². The Bertz CT molecular complexity index is 595. The minimum atomic E-state index is -1.28. The van der Waals surface area contributed by atoms with Crippen LogP contribution in [0.1, 0.15) is 20.3 Å². The average Bonchev–Trinajstić information content (AvgIpc) is 2.80. The fourth-order valence-electron chi connectivity index (χ4n) is 1.66. The van der Waals surface area contributed by atoms with Gasteiger partial charge in [-0.25, -0.2) is 9.19 Å². The van der Waals surface area contributed by atoms with Crippen LogP contribution in [0.5, 0.6) is 0 Å². The van der Waals surface area contributed by atoms with Crippen molar-refractivity contribution in [3.63, 3.8) is 0 Å². The van der Waals surface area contributed by atoms with Crippen LogP contribution in [-0.2, 0) is 15.5 Å². The Morgan fingerprint density at radius 1 is 1.40 bits per heavy atom. The molecule has 1 heterocycles. The predicted molar refractivity (Wildman–Crippen MR) is 80.0 cm³/mol. The maximum Gasteiger partial charge on any atom is 0.288 e. The summed E-state index contributed by atoms with van der Waals surface area (Å²) < 4.78 is 22.9. The first-order chi connectivity index (χ1) is 9.56. The summed E-state index contributed by atoms with van der Waals surface area (Å²) in [6.45, 7) is 5.43. The van der Waals surface area contributed by atoms with Crippen LogP contribution >= 0.6 is 0 Å². The molecule has 0 aliphatic rings. The van der Waals surface area contributed by atoms with Crippen molar-refractivity contribution in [3.8, 4) is 0 Å². The Balaban J connectivity index is 1.88. The third kappa shape index (κ3) is 4.05. The molecule has 1 atom stereocenters. The van der Waals surface area contributed by atoms with Crippen LogP contribution in [0.3, 0.4) is 0 Å². The fourth-order valence-corrected chi connectivity index (χ4v) is 2.49. The number of benzene rings is 1. The van der Waals surface area contributed by atoms with Crippen LogP contribution in [0.15, 0.2) is 27.8 Å². The first kappa shape index (κ1) is 15.0. The van der Waals surface area contributed by atoms with Gasteiger partial charge in [-0.1, -0.05) is 13.8 Å². The highest BCUT2D eigenvalue weighted by atomic mass is 32.2. The molecule has 2 N–H and O–H groups in total. The second-order valence-electron chi connectivity index (χ2n) is 5.05. The van der Waals surface area contributed by atoms with Gasteiger partial charge in [0.05, 0.1) is 12.4 Å². The van der Waals surface area contributed by atoms with E-state index in [1.807, 2.05) is 0 Å². The van der Waals surface area contributed by atoms with E-state index in [0.29, 0.717) is 41.7 Å². The molecular weight excluding hydrogens is 276 g/mol. The lowest BCUT2D eigenvalue weighted by molar-refractivity contribution is 0.137. The van der Waals surface area contributed by atoms with Gasteiger partial charge in [0.2, 0.25) is 0 Å². The fraction of sp³-hybridized carbons (Fsp3) is 0.500. The van der Waals surface area contributed by atoms with Crippen molar-refractivity contribution in [1.82, 2.24) is 4.98 Å². The molecule has 0 aliphatic heterocycles. The standard InChI is InChI=1S/C14H20N2O3S/c1-10(2)5-6-18-7-8-20(17)14-16-12-4-3-11(15)9-13(12)19-14/h3-4,9-10H,5-8,15H2,1-2H3. The van der Waals surface area contributed by atoms with E-state index in [4.69, 9.17) is 14.9 Å². The quantitative estimate of drug-likeness (QED) is 0.627. The van der Waals surface area contributed by atoms with Crippen LogP contribution < -0.4 is 5.73 Å². The highest BCUT2D eigenvalue weighted by Gasteiger charge is 2.12. The zero-order valence-corrected chi connectivity index (χ0v) is 12.6. The number of anilines is 1. The number of aromatic nitrogens is 1. The van der Waals surface area contributed by atoms with Crippen LogP contribution in [0, 0.1) is 5.92 Å². The molecule has 0 spiro atoms. The number of oxazole rings is 1. The first-order valence-corrected chi connectivity index (χ1v) is 8.00. The van der Waals surface area contributed by atoms with E-state index >= 15 is 0 Å². The number of ether oxygens (including phenoxy) is 1. The summed E-state index contributed by atoms with van der Waals surface area (Å²) in [6, 6.07) is 5.18. The Morgan fingerprint density at radius 2 is 2.20 bits per heavy atom. The number of fused-ring (bicyclic) bond motifs is 1. The molecule has 110 valence electrons. The molecule has 0 aliphatic carbocycles. The second kappa shape index (κ2) is 6.85. The van der Waals surface area contributed by atoms with Crippen molar-refractivity contribution >= 4 is 27.6 Å². The summed E-state index contributed by atoms with van der Waals surface area (Å²) in [4.78, 5) is 4.20. The molecule has 1 unspecified atom stereocenters. The van der Waals surface area contributed by atoms with Gasteiger partial charge in [0.15, 0.2) is 5.58 Å². The molecule has 0 amide bonds. The van der Waals surface area contributed by atoms with Crippen molar-refractivity contribution in [2.45, 2.75) is 25.5 Å². The molecule has 1 aromatic heterocycles. The summed E-state index contributed by atoms with van der Waals surface area (Å²) >= 11 is 0. The van der Waals surface area contributed by atoms with Crippen molar-refractivity contribution in [2.24, 2.45) is 5.92 Å². The van der Waals surface area contributed by atoms with E-state index in [0.717, 1.165) is 6.42 Å². The second-order valence-corrected chi connectivity index (χ2v) is 6.50. The van der Waals surface area contributed by atoms with Gasteiger partial charge < -0.3 is 14.9 Å². The monoisotopic (exact) mass is 296 g/mol. The predicted octanol–water partition coefficient (Wildman–Crippen LogP) is 2.58. The van der Waals surface area contributed by atoms with E-state index in [9.17, 15) is 4.21 Å². The van der Waals surface area contributed by atoms with Gasteiger partial charge in [-0.3, -0.25) is 0 Å². The molecule has 5 nitrogen and oxygen atoms in total. The molecule has 0 saturated heterocycles. The smallest absolute Gasteiger partial charge is 0.288 e. The van der Waals surface area contributed by atoms with Gasteiger partial charge in [0.25, 0.3) is 5.22 Å². The van der Waals surface area contributed by atoms with Gasteiger partial charge in [-0.15, -0.1) is 0 Å². The first-order valence-electron chi connectivity index (χ1n) is 6.68. The van der Waals surface area contributed by atoms with Crippen LogP contribution in [0.2, 0.25) is 0 Å². The molecule has 2 rings (SSSR count). The third-order valence-electron chi connectivity index (χ3n) is 2.84. The number of hydrogen-bond acceptors (Lipinski definition) is 5. The Morgan fingerprint density at radius 3 is 2.95 bits per heavy atom. The minimum absolute atomic E-state index is 0.234.